The fourth-order valence-corrected chi connectivity index (χ4v) is 2.83. The second-order valence-electron chi connectivity index (χ2n) is 4.58. The van der Waals surface area contributed by atoms with Crippen molar-refractivity contribution in [2.75, 3.05) is 13.1 Å². The number of fused-ring (bicyclic) bond motifs is 3. The first-order valence-electron chi connectivity index (χ1n) is 5.45. The fourth-order valence-electron chi connectivity index (χ4n) is 2.83. The van der Waals surface area contributed by atoms with E-state index in [-0.39, 0.29) is 0 Å². The standard InChI is InChI=1S/C11H13N3O2/c1-6-12-3-8-9-5-14(11(15)16)4-7(9)2-10(8)13-6/h3,7,9H,2,4-5H2,1H3,(H,15,16). The lowest BCUT2D eigenvalue weighted by Gasteiger charge is -2.12. The largest absolute Gasteiger partial charge is 0.465 e. The molecule has 2 heterocycles. The first kappa shape index (κ1) is 9.57. The molecule has 1 aliphatic heterocycles. The highest BCUT2D eigenvalue weighted by atomic mass is 16.4. The summed E-state index contributed by atoms with van der Waals surface area (Å²) in [5.41, 5.74) is 2.27. The molecule has 0 spiro atoms. The van der Waals surface area contributed by atoms with Gasteiger partial charge in [0, 0.05) is 30.9 Å². The van der Waals surface area contributed by atoms with E-state index in [2.05, 4.69) is 9.97 Å². The van der Waals surface area contributed by atoms with Crippen LogP contribution in [0, 0.1) is 12.8 Å². The van der Waals surface area contributed by atoms with Crippen LogP contribution in [0.3, 0.4) is 0 Å². The molecule has 1 aromatic rings. The summed E-state index contributed by atoms with van der Waals surface area (Å²) in [6.45, 7) is 3.12. The van der Waals surface area contributed by atoms with Crippen LogP contribution in [0.15, 0.2) is 6.20 Å². The number of nitrogens with zero attached hydrogens (tertiary/aromatic N) is 3. The zero-order chi connectivity index (χ0) is 11.3. The van der Waals surface area contributed by atoms with E-state index in [1.165, 1.54) is 4.90 Å². The maximum atomic E-state index is 10.9. The normalized spacial score (nSPS) is 26.7. The zero-order valence-corrected chi connectivity index (χ0v) is 9.05. The minimum atomic E-state index is -0.816. The summed E-state index contributed by atoms with van der Waals surface area (Å²) in [6.07, 6.45) is 1.95. The fraction of sp³-hybridized carbons (Fsp3) is 0.545. The topological polar surface area (TPSA) is 66.3 Å². The summed E-state index contributed by atoms with van der Waals surface area (Å²) in [5.74, 6) is 1.52. The van der Waals surface area contributed by atoms with Crippen LogP contribution in [0.25, 0.3) is 0 Å². The van der Waals surface area contributed by atoms with Crippen molar-refractivity contribution in [2.45, 2.75) is 19.3 Å². The SMILES string of the molecule is Cc1ncc2c(n1)CC1CN(C(=O)O)CC21. The number of carbonyl (C=O) groups is 1. The number of carboxylic acid groups (broad SMARTS) is 1. The number of likely N-dealkylation sites (tertiary alicyclic amines) is 1. The molecule has 1 N–H and O–H groups in total. The average molecular weight is 219 g/mol. The van der Waals surface area contributed by atoms with Crippen LogP contribution in [0.4, 0.5) is 4.79 Å². The van der Waals surface area contributed by atoms with Crippen LogP contribution in [-0.2, 0) is 6.42 Å². The van der Waals surface area contributed by atoms with Crippen LogP contribution in [0.5, 0.6) is 0 Å². The Balaban J connectivity index is 1.91. The van der Waals surface area contributed by atoms with Crippen molar-refractivity contribution in [2.24, 2.45) is 5.92 Å². The smallest absolute Gasteiger partial charge is 0.407 e. The van der Waals surface area contributed by atoms with Crippen molar-refractivity contribution in [1.82, 2.24) is 14.9 Å². The minimum absolute atomic E-state index is 0.312. The Morgan fingerprint density at radius 1 is 1.56 bits per heavy atom. The molecule has 16 heavy (non-hydrogen) atoms. The summed E-state index contributed by atoms with van der Waals surface area (Å²) < 4.78 is 0. The highest BCUT2D eigenvalue weighted by molar-refractivity contribution is 5.66. The number of aromatic nitrogens is 2. The van der Waals surface area contributed by atoms with Gasteiger partial charge >= 0.3 is 6.09 Å². The maximum absolute atomic E-state index is 10.9. The van der Waals surface area contributed by atoms with Crippen LogP contribution < -0.4 is 0 Å². The Bertz CT molecular complexity index is 461. The van der Waals surface area contributed by atoms with E-state index in [4.69, 9.17) is 5.11 Å². The van der Waals surface area contributed by atoms with Gasteiger partial charge in [0.05, 0.1) is 0 Å². The van der Waals surface area contributed by atoms with E-state index < -0.39 is 6.09 Å². The quantitative estimate of drug-likeness (QED) is 0.707. The van der Waals surface area contributed by atoms with Gasteiger partial charge in [-0.15, -0.1) is 0 Å². The summed E-state index contributed by atoms with van der Waals surface area (Å²) >= 11 is 0. The molecule has 1 aliphatic carbocycles. The molecule has 1 fully saturated rings. The van der Waals surface area contributed by atoms with Gasteiger partial charge in [-0.3, -0.25) is 0 Å². The lowest BCUT2D eigenvalue weighted by atomic mass is 9.98. The van der Waals surface area contributed by atoms with Crippen molar-refractivity contribution in [1.29, 1.82) is 0 Å². The Labute approximate surface area is 93.1 Å². The summed E-state index contributed by atoms with van der Waals surface area (Å²) in [5, 5.41) is 8.96. The van der Waals surface area contributed by atoms with E-state index in [1.54, 1.807) is 0 Å². The van der Waals surface area contributed by atoms with Gasteiger partial charge in [0.25, 0.3) is 0 Å². The van der Waals surface area contributed by atoms with Gasteiger partial charge in [-0.2, -0.15) is 0 Å². The van der Waals surface area contributed by atoms with Crippen LogP contribution >= 0.6 is 0 Å². The molecule has 2 unspecified atom stereocenters. The van der Waals surface area contributed by atoms with Gasteiger partial charge in [0.2, 0.25) is 0 Å². The van der Waals surface area contributed by atoms with Gasteiger partial charge in [-0.25, -0.2) is 14.8 Å². The molecule has 2 aliphatic rings. The van der Waals surface area contributed by atoms with Gasteiger partial charge in [-0.1, -0.05) is 0 Å². The molecule has 1 saturated heterocycles. The Kier molecular flexibility index (Phi) is 1.89. The predicted molar refractivity (Wildman–Crippen MR) is 56.3 cm³/mol. The van der Waals surface area contributed by atoms with E-state index in [0.717, 1.165) is 23.5 Å². The van der Waals surface area contributed by atoms with Crippen molar-refractivity contribution < 1.29 is 9.90 Å². The molecule has 0 radical (unpaired) electrons. The molecule has 1 amide bonds. The van der Waals surface area contributed by atoms with Crippen molar-refractivity contribution in [3.63, 3.8) is 0 Å². The van der Waals surface area contributed by atoms with E-state index >= 15 is 0 Å². The number of hydrogen-bond donors (Lipinski definition) is 1. The lowest BCUT2D eigenvalue weighted by molar-refractivity contribution is 0.153. The number of amides is 1. The first-order valence-corrected chi connectivity index (χ1v) is 5.45. The second-order valence-corrected chi connectivity index (χ2v) is 4.58. The second kappa shape index (κ2) is 3.17. The third-order valence-electron chi connectivity index (χ3n) is 3.59. The van der Waals surface area contributed by atoms with E-state index in [9.17, 15) is 4.79 Å². The van der Waals surface area contributed by atoms with Crippen molar-refractivity contribution >= 4 is 6.09 Å². The molecule has 2 atom stereocenters. The van der Waals surface area contributed by atoms with Crippen molar-refractivity contribution in [3.8, 4) is 0 Å². The monoisotopic (exact) mass is 219 g/mol. The highest BCUT2D eigenvalue weighted by Crippen LogP contribution is 2.41. The van der Waals surface area contributed by atoms with Gasteiger partial charge in [0.15, 0.2) is 0 Å². The average Bonchev–Trinajstić information content (AvgIpc) is 2.73. The zero-order valence-electron chi connectivity index (χ0n) is 9.05. The Morgan fingerprint density at radius 3 is 3.12 bits per heavy atom. The molecule has 3 rings (SSSR count). The summed E-state index contributed by atoms with van der Waals surface area (Å²) in [6, 6.07) is 0. The summed E-state index contributed by atoms with van der Waals surface area (Å²) in [7, 11) is 0. The third-order valence-corrected chi connectivity index (χ3v) is 3.59. The van der Waals surface area contributed by atoms with Gasteiger partial charge in [0.1, 0.15) is 5.82 Å². The molecular weight excluding hydrogens is 206 g/mol. The molecule has 84 valence electrons. The molecular formula is C11H13N3O2. The molecule has 5 nitrogen and oxygen atoms in total. The molecule has 0 saturated carbocycles. The van der Waals surface area contributed by atoms with Crippen molar-refractivity contribution in [3.05, 3.63) is 23.3 Å². The lowest BCUT2D eigenvalue weighted by Crippen LogP contribution is -2.27. The Morgan fingerprint density at radius 2 is 2.38 bits per heavy atom. The number of hydrogen-bond acceptors (Lipinski definition) is 3. The number of aryl methyl sites for hydroxylation is 1. The summed E-state index contributed by atoms with van der Waals surface area (Å²) in [4.78, 5) is 21.0. The third kappa shape index (κ3) is 1.27. The van der Waals surface area contributed by atoms with Crippen LogP contribution in [0.2, 0.25) is 0 Å². The predicted octanol–water partition coefficient (Wildman–Crippen LogP) is 1.03. The van der Waals surface area contributed by atoms with Crippen LogP contribution in [-0.4, -0.2) is 39.2 Å². The van der Waals surface area contributed by atoms with Gasteiger partial charge < -0.3 is 10.0 Å². The maximum Gasteiger partial charge on any atom is 0.407 e. The molecule has 0 aromatic carbocycles. The molecule has 5 heteroatoms. The molecule has 1 aromatic heterocycles. The van der Waals surface area contributed by atoms with Crippen LogP contribution in [0.1, 0.15) is 23.0 Å². The first-order chi connectivity index (χ1) is 7.65. The van der Waals surface area contributed by atoms with E-state index in [1.807, 2.05) is 13.1 Å². The Hall–Kier alpha value is -1.65. The molecule has 0 bridgehead atoms. The minimum Gasteiger partial charge on any atom is -0.465 e. The number of rotatable bonds is 0. The highest BCUT2D eigenvalue weighted by Gasteiger charge is 2.42. The van der Waals surface area contributed by atoms with Gasteiger partial charge in [-0.05, 0) is 24.8 Å². The van der Waals surface area contributed by atoms with E-state index in [0.29, 0.717) is 24.9 Å².